The van der Waals surface area contributed by atoms with E-state index in [2.05, 4.69) is 0 Å². The Morgan fingerprint density at radius 1 is 1.04 bits per heavy atom. The van der Waals surface area contributed by atoms with Gasteiger partial charge in [0.15, 0.2) is 9.84 Å². The largest absolute Gasteiger partial charge is 0.416 e. The molecule has 0 bridgehead atoms. The Bertz CT molecular complexity index is 891. The highest BCUT2D eigenvalue weighted by molar-refractivity contribution is 7.89. The third-order valence-electron chi connectivity index (χ3n) is 3.71. The fraction of sp³-hybridized carbons (Fsp3) is 0.278. The van der Waals surface area contributed by atoms with E-state index in [1.54, 1.807) is 0 Å². The molecule has 2 rings (SSSR count). The third kappa shape index (κ3) is 5.32. The lowest BCUT2D eigenvalue weighted by molar-refractivity contribution is -0.138. The molecule has 140 valence electrons. The molecule has 0 aliphatic rings. The third-order valence-corrected chi connectivity index (χ3v) is 4.56. The van der Waals surface area contributed by atoms with E-state index in [4.69, 9.17) is 0 Å². The molecule has 0 aliphatic heterocycles. The minimum atomic E-state index is -4.49. The topological polar surface area (TPSA) is 54.5 Å². The molecule has 0 saturated carbocycles. The molecule has 26 heavy (non-hydrogen) atoms. The van der Waals surface area contributed by atoms with Gasteiger partial charge < -0.3 is 4.90 Å². The van der Waals surface area contributed by atoms with Crippen LogP contribution in [0.4, 0.5) is 13.2 Å². The van der Waals surface area contributed by atoms with E-state index in [9.17, 15) is 26.4 Å². The molecule has 0 N–H and O–H groups in total. The zero-order valence-electron chi connectivity index (χ0n) is 14.2. The van der Waals surface area contributed by atoms with E-state index in [-0.39, 0.29) is 23.4 Å². The monoisotopic (exact) mass is 385 g/mol. The van der Waals surface area contributed by atoms with Crippen LogP contribution in [0.1, 0.15) is 27.0 Å². The number of hydrogen-bond acceptors (Lipinski definition) is 3. The SMILES string of the molecule is CN(Cc1ccccc1C(F)(F)F)C(=O)c1ccc(CS(C)(=O)=O)cc1. The molecule has 2 aromatic rings. The van der Waals surface area contributed by atoms with Gasteiger partial charge in [0.1, 0.15) is 0 Å². The van der Waals surface area contributed by atoms with Crippen LogP contribution in [0.2, 0.25) is 0 Å². The number of sulfone groups is 1. The van der Waals surface area contributed by atoms with Crippen molar-refractivity contribution in [3.8, 4) is 0 Å². The zero-order chi connectivity index (χ0) is 19.5. The van der Waals surface area contributed by atoms with E-state index in [0.717, 1.165) is 12.3 Å². The Kier molecular flexibility index (Phi) is 5.75. The van der Waals surface area contributed by atoms with Crippen LogP contribution < -0.4 is 0 Å². The van der Waals surface area contributed by atoms with Gasteiger partial charge in [-0.05, 0) is 29.3 Å². The normalized spacial score (nSPS) is 12.0. The second-order valence-electron chi connectivity index (χ2n) is 6.08. The maximum absolute atomic E-state index is 13.1. The molecule has 0 radical (unpaired) electrons. The first-order valence-electron chi connectivity index (χ1n) is 7.64. The number of rotatable bonds is 5. The lowest BCUT2D eigenvalue weighted by Gasteiger charge is -2.20. The molecule has 2 aromatic carbocycles. The van der Waals surface area contributed by atoms with Gasteiger partial charge in [-0.1, -0.05) is 30.3 Å². The second-order valence-corrected chi connectivity index (χ2v) is 8.22. The Morgan fingerprint density at radius 2 is 1.62 bits per heavy atom. The number of amides is 1. The minimum absolute atomic E-state index is 0.00421. The molecule has 0 atom stereocenters. The smallest absolute Gasteiger partial charge is 0.337 e. The Labute approximate surface area is 150 Å². The molecule has 0 heterocycles. The first-order chi connectivity index (χ1) is 12.0. The second kappa shape index (κ2) is 7.49. The van der Waals surface area contributed by atoms with Gasteiger partial charge in [0.05, 0.1) is 11.3 Å². The first kappa shape index (κ1) is 20.0. The summed E-state index contributed by atoms with van der Waals surface area (Å²) in [6.07, 6.45) is -3.38. The average molecular weight is 385 g/mol. The summed E-state index contributed by atoms with van der Waals surface area (Å²) >= 11 is 0. The molecule has 4 nitrogen and oxygen atoms in total. The highest BCUT2D eigenvalue weighted by Crippen LogP contribution is 2.32. The van der Waals surface area contributed by atoms with Crippen LogP contribution in [0, 0.1) is 0 Å². The van der Waals surface area contributed by atoms with E-state index in [1.807, 2.05) is 0 Å². The molecular formula is C18H18F3NO3S. The molecule has 0 aliphatic carbocycles. The van der Waals surface area contributed by atoms with Crippen molar-refractivity contribution in [2.75, 3.05) is 13.3 Å². The molecule has 0 unspecified atom stereocenters. The van der Waals surface area contributed by atoms with Crippen LogP contribution in [-0.4, -0.2) is 32.5 Å². The van der Waals surface area contributed by atoms with Gasteiger partial charge in [-0.2, -0.15) is 13.2 Å². The van der Waals surface area contributed by atoms with Gasteiger partial charge >= 0.3 is 6.18 Å². The fourth-order valence-electron chi connectivity index (χ4n) is 2.53. The molecule has 0 spiro atoms. The molecule has 1 amide bonds. The first-order valence-corrected chi connectivity index (χ1v) is 9.70. The van der Waals surface area contributed by atoms with E-state index < -0.39 is 27.5 Å². The molecule has 0 fully saturated rings. The van der Waals surface area contributed by atoms with Gasteiger partial charge in [-0.25, -0.2) is 8.42 Å². The summed E-state index contributed by atoms with van der Waals surface area (Å²) in [6, 6.07) is 11.1. The summed E-state index contributed by atoms with van der Waals surface area (Å²) in [7, 11) is -1.77. The van der Waals surface area contributed by atoms with Crippen molar-refractivity contribution in [3.63, 3.8) is 0 Å². The molecular weight excluding hydrogens is 367 g/mol. The summed E-state index contributed by atoms with van der Waals surface area (Å²) in [5.41, 5.74) is 0.0380. The van der Waals surface area contributed by atoms with Gasteiger partial charge in [0.2, 0.25) is 0 Å². The van der Waals surface area contributed by atoms with E-state index in [1.165, 1.54) is 54.4 Å². The van der Waals surface area contributed by atoms with Gasteiger partial charge in [0, 0.05) is 25.4 Å². The Morgan fingerprint density at radius 3 is 2.15 bits per heavy atom. The molecule has 0 saturated heterocycles. The number of carbonyl (C=O) groups excluding carboxylic acids is 1. The van der Waals surface area contributed by atoms with Crippen molar-refractivity contribution in [2.45, 2.75) is 18.5 Å². The van der Waals surface area contributed by atoms with Crippen molar-refractivity contribution in [3.05, 3.63) is 70.8 Å². The van der Waals surface area contributed by atoms with Gasteiger partial charge in [-0.15, -0.1) is 0 Å². The van der Waals surface area contributed by atoms with Crippen LogP contribution >= 0.6 is 0 Å². The van der Waals surface area contributed by atoms with Gasteiger partial charge in [-0.3, -0.25) is 4.79 Å². The predicted molar refractivity (Wildman–Crippen MR) is 92.2 cm³/mol. The number of benzene rings is 2. The lowest BCUT2D eigenvalue weighted by atomic mass is 10.1. The lowest BCUT2D eigenvalue weighted by Crippen LogP contribution is -2.27. The summed E-state index contributed by atoms with van der Waals surface area (Å²) in [6.45, 7) is -0.195. The van der Waals surface area contributed by atoms with E-state index in [0.29, 0.717) is 5.56 Å². The van der Waals surface area contributed by atoms with Crippen molar-refractivity contribution < 1.29 is 26.4 Å². The van der Waals surface area contributed by atoms with Crippen molar-refractivity contribution in [1.82, 2.24) is 4.90 Å². The van der Waals surface area contributed by atoms with Crippen LogP contribution in [0.5, 0.6) is 0 Å². The van der Waals surface area contributed by atoms with Crippen LogP contribution in [0.3, 0.4) is 0 Å². The summed E-state index contributed by atoms with van der Waals surface area (Å²) in [4.78, 5) is 13.6. The van der Waals surface area contributed by atoms with Crippen molar-refractivity contribution in [1.29, 1.82) is 0 Å². The van der Waals surface area contributed by atoms with Crippen molar-refractivity contribution >= 4 is 15.7 Å². The van der Waals surface area contributed by atoms with Gasteiger partial charge in [0.25, 0.3) is 5.91 Å². The number of halogens is 3. The Balaban J connectivity index is 2.16. The zero-order valence-corrected chi connectivity index (χ0v) is 15.1. The molecule has 0 aromatic heterocycles. The number of carbonyl (C=O) groups is 1. The van der Waals surface area contributed by atoms with E-state index >= 15 is 0 Å². The maximum atomic E-state index is 13.1. The predicted octanol–water partition coefficient (Wildman–Crippen LogP) is 3.52. The number of alkyl halides is 3. The van der Waals surface area contributed by atoms with Crippen LogP contribution in [0.15, 0.2) is 48.5 Å². The fourth-order valence-corrected chi connectivity index (χ4v) is 3.33. The maximum Gasteiger partial charge on any atom is 0.416 e. The number of nitrogens with zero attached hydrogens (tertiary/aromatic N) is 1. The Hall–Kier alpha value is -2.35. The highest BCUT2D eigenvalue weighted by Gasteiger charge is 2.33. The molecule has 8 heteroatoms. The summed E-state index contributed by atoms with van der Waals surface area (Å²) in [5, 5.41) is 0. The minimum Gasteiger partial charge on any atom is -0.337 e. The van der Waals surface area contributed by atoms with Crippen LogP contribution in [0.25, 0.3) is 0 Å². The quantitative estimate of drug-likeness (QED) is 0.791. The highest BCUT2D eigenvalue weighted by atomic mass is 32.2. The summed E-state index contributed by atoms with van der Waals surface area (Å²) in [5.74, 6) is -0.594. The average Bonchev–Trinajstić information content (AvgIpc) is 2.53. The van der Waals surface area contributed by atoms with Crippen LogP contribution in [-0.2, 0) is 28.3 Å². The van der Waals surface area contributed by atoms with Crippen molar-refractivity contribution in [2.24, 2.45) is 0 Å². The number of hydrogen-bond donors (Lipinski definition) is 0. The summed E-state index contributed by atoms with van der Waals surface area (Å²) < 4.78 is 61.7. The standard InChI is InChI=1S/C18H18F3NO3S/c1-22(11-15-5-3-4-6-16(15)18(19,20)21)17(23)14-9-7-13(8-10-14)12-26(2,24)25/h3-10H,11-12H2,1-2H3.